The summed E-state index contributed by atoms with van der Waals surface area (Å²) >= 11 is 0. The van der Waals surface area contributed by atoms with Gasteiger partial charge in [0.1, 0.15) is 0 Å². The molecule has 4 heteroatoms. The van der Waals surface area contributed by atoms with Crippen molar-refractivity contribution >= 4 is 5.97 Å². The van der Waals surface area contributed by atoms with Gasteiger partial charge in [-0.25, -0.2) is 4.79 Å². The van der Waals surface area contributed by atoms with Gasteiger partial charge in [0.25, 0.3) is 0 Å². The highest BCUT2D eigenvalue weighted by molar-refractivity contribution is 5.78. The molecule has 0 saturated carbocycles. The lowest BCUT2D eigenvalue weighted by Gasteiger charge is -2.23. The molecule has 0 bridgehead atoms. The SMILES string of the molecule is CC=CCOC(C)(C(=O)O)c1ccccn1. The van der Waals surface area contributed by atoms with Crippen LogP contribution in [0.3, 0.4) is 0 Å². The van der Waals surface area contributed by atoms with Crippen LogP contribution in [0.25, 0.3) is 0 Å². The summed E-state index contributed by atoms with van der Waals surface area (Å²) < 4.78 is 5.37. The van der Waals surface area contributed by atoms with E-state index in [1.165, 1.54) is 6.92 Å². The van der Waals surface area contributed by atoms with Crippen LogP contribution in [-0.4, -0.2) is 22.7 Å². The van der Waals surface area contributed by atoms with E-state index in [-0.39, 0.29) is 6.61 Å². The summed E-state index contributed by atoms with van der Waals surface area (Å²) in [5.41, 5.74) is -1.01. The Morgan fingerprint density at radius 1 is 1.62 bits per heavy atom. The summed E-state index contributed by atoms with van der Waals surface area (Å²) in [5, 5.41) is 9.20. The lowest BCUT2D eigenvalue weighted by molar-refractivity contribution is -0.164. The monoisotopic (exact) mass is 221 g/mol. The van der Waals surface area contributed by atoms with Crippen molar-refractivity contribution in [2.24, 2.45) is 0 Å². The first-order valence-corrected chi connectivity index (χ1v) is 5.01. The van der Waals surface area contributed by atoms with E-state index in [0.29, 0.717) is 5.69 Å². The first-order valence-electron chi connectivity index (χ1n) is 5.01. The topological polar surface area (TPSA) is 59.4 Å². The molecular formula is C12H15NO3. The molecule has 0 saturated heterocycles. The van der Waals surface area contributed by atoms with Crippen molar-refractivity contribution in [1.29, 1.82) is 0 Å². The van der Waals surface area contributed by atoms with Gasteiger partial charge >= 0.3 is 5.97 Å². The van der Waals surface area contributed by atoms with Gasteiger partial charge in [-0.1, -0.05) is 18.2 Å². The zero-order valence-corrected chi connectivity index (χ0v) is 9.38. The predicted molar refractivity (Wildman–Crippen MR) is 60.0 cm³/mol. The number of pyridine rings is 1. The fourth-order valence-electron chi connectivity index (χ4n) is 1.20. The summed E-state index contributed by atoms with van der Waals surface area (Å²) in [6, 6.07) is 5.12. The molecular weight excluding hydrogens is 206 g/mol. The smallest absolute Gasteiger partial charge is 0.342 e. The second kappa shape index (κ2) is 5.42. The number of ether oxygens (including phenoxy) is 1. The van der Waals surface area contributed by atoms with E-state index in [2.05, 4.69) is 4.98 Å². The maximum Gasteiger partial charge on any atom is 0.342 e. The number of allylic oxidation sites excluding steroid dienone is 1. The molecule has 1 N–H and O–H groups in total. The van der Waals surface area contributed by atoms with Gasteiger partial charge in [-0.3, -0.25) is 4.98 Å². The van der Waals surface area contributed by atoms with Crippen LogP contribution in [0.2, 0.25) is 0 Å². The normalized spacial score (nSPS) is 14.9. The fraction of sp³-hybridized carbons (Fsp3) is 0.333. The average Bonchev–Trinajstić information content (AvgIpc) is 2.30. The molecule has 86 valence electrons. The Bertz CT molecular complexity index is 375. The van der Waals surface area contributed by atoms with Crippen LogP contribution in [0.4, 0.5) is 0 Å². The first kappa shape index (κ1) is 12.4. The molecule has 1 aromatic rings. The van der Waals surface area contributed by atoms with E-state index in [0.717, 1.165) is 0 Å². The highest BCUT2D eigenvalue weighted by atomic mass is 16.5. The quantitative estimate of drug-likeness (QED) is 0.772. The van der Waals surface area contributed by atoms with E-state index in [1.807, 2.05) is 6.92 Å². The van der Waals surface area contributed by atoms with Gasteiger partial charge in [0, 0.05) is 6.20 Å². The lowest BCUT2D eigenvalue weighted by Crippen LogP contribution is -2.36. The van der Waals surface area contributed by atoms with Crippen LogP contribution in [0, 0.1) is 0 Å². The van der Waals surface area contributed by atoms with E-state index < -0.39 is 11.6 Å². The zero-order chi connectivity index (χ0) is 12.0. The van der Waals surface area contributed by atoms with Crippen LogP contribution in [-0.2, 0) is 15.1 Å². The highest BCUT2D eigenvalue weighted by Gasteiger charge is 2.37. The van der Waals surface area contributed by atoms with E-state index >= 15 is 0 Å². The standard InChI is InChI=1S/C12H15NO3/c1-3-4-9-16-12(2,11(14)15)10-7-5-6-8-13-10/h3-8H,9H2,1-2H3,(H,14,15). The molecule has 0 aliphatic rings. The number of nitrogens with zero attached hydrogens (tertiary/aromatic N) is 1. The van der Waals surface area contributed by atoms with Crippen molar-refractivity contribution in [1.82, 2.24) is 4.98 Å². The number of carbonyl (C=O) groups is 1. The molecule has 16 heavy (non-hydrogen) atoms. The number of hydrogen-bond donors (Lipinski definition) is 1. The molecule has 1 unspecified atom stereocenters. The van der Waals surface area contributed by atoms with Gasteiger partial charge < -0.3 is 9.84 Å². The summed E-state index contributed by atoms with van der Waals surface area (Å²) in [6.07, 6.45) is 5.11. The molecule has 0 aliphatic heterocycles. The van der Waals surface area contributed by atoms with Gasteiger partial charge in [-0.15, -0.1) is 0 Å². The van der Waals surface area contributed by atoms with Crippen molar-refractivity contribution < 1.29 is 14.6 Å². The molecule has 1 rings (SSSR count). The fourth-order valence-corrected chi connectivity index (χ4v) is 1.20. The molecule has 1 atom stereocenters. The minimum Gasteiger partial charge on any atom is -0.479 e. The first-order chi connectivity index (χ1) is 7.61. The third-order valence-electron chi connectivity index (χ3n) is 2.27. The third-order valence-corrected chi connectivity index (χ3v) is 2.27. The molecule has 0 fully saturated rings. The Kier molecular flexibility index (Phi) is 4.19. The van der Waals surface area contributed by atoms with Crippen LogP contribution >= 0.6 is 0 Å². The second-order valence-corrected chi connectivity index (χ2v) is 3.43. The van der Waals surface area contributed by atoms with Crippen LogP contribution in [0.15, 0.2) is 36.5 Å². The predicted octanol–water partition coefficient (Wildman–Crippen LogP) is 1.97. The summed E-state index contributed by atoms with van der Waals surface area (Å²) in [4.78, 5) is 15.2. The highest BCUT2D eigenvalue weighted by Crippen LogP contribution is 2.23. The van der Waals surface area contributed by atoms with Crippen molar-refractivity contribution in [3.05, 3.63) is 42.2 Å². The van der Waals surface area contributed by atoms with Gasteiger partial charge in [0.2, 0.25) is 5.60 Å². The van der Waals surface area contributed by atoms with Gasteiger partial charge in [0.15, 0.2) is 0 Å². The number of hydrogen-bond acceptors (Lipinski definition) is 3. The van der Waals surface area contributed by atoms with Crippen molar-refractivity contribution in [2.45, 2.75) is 19.4 Å². The Morgan fingerprint density at radius 3 is 2.88 bits per heavy atom. The van der Waals surface area contributed by atoms with Gasteiger partial charge in [0.05, 0.1) is 12.3 Å². The number of carboxylic acid groups (broad SMARTS) is 1. The van der Waals surface area contributed by atoms with E-state index in [1.54, 1.807) is 36.5 Å². The third kappa shape index (κ3) is 2.67. The van der Waals surface area contributed by atoms with Crippen LogP contribution in [0.5, 0.6) is 0 Å². The molecule has 1 aromatic heterocycles. The Morgan fingerprint density at radius 2 is 2.38 bits per heavy atom. The molecule has 4 nitrogen and oxygen atoms in total. The van der Waals surface area contributed by atoms with Crippen molar-refractivity contribution in [3.63, 3.8) is 0 Å². The Balaban J connectivity index is 2.93. The molecule has 0 spiro atoms. The summed E-state index contributed by atoms with van der Waals surface area (Å²) in [6.45, 7) is 3.60. The minimum atomic E-state index is -1.40. The van der Waals surface area contributed by atoms with E-state index in [4.69, 9.17) is 4.74 Å². The maximum atomic E-state index is 11.2. The number of rotatable bonds is 5. The van der Waals surface area contributed by atoms with Crippen molar-refractivity contribution in [3.8, 4) is 0 Å². The minimum absolute atomic E-state index is 0.246. The Hall–Kier alpha value is -1.68. The summed E-state index contributed by atoms with van der Waals surface area (Å²) in [5.74, 6) is -1.05. The zero-order valence-electron chi connectivity index (χ0n) is 9.38. The Labute approximate surface area is 94.6 Å². The van der Waals surface area contributed by atoms with Crippen molar-refractivity contribution in [2.75, 3.05) is 6.61 Å². The maximum absolute atomic E-state index is 11.2. The molecule has 0 radical (unpaired) electrons. The van der Waals surface area contributed by atoms with Gasteiger partial charge in [-0.05, 0) is 26.0 Å². The van der Waals surface area contributed by atoms with Gasteiger partial charge in [-0.2, -0.15) is 0 Å². The van der Waals surface area contributed by atoms with E-state index in [9.17, 15) is 9.90 Å². The lowest BCUT2D eigenvalue weighted by atomic mass is 10.0. The number of carboxylic acids is 1. The van der Waals surface area contributed by atoms with Crippen LogP contribution < -0.4 is 0 Å². The summed E-state index contributed by atoms with van der Waals surface area (Å²) in [7, 11) is 0. The molecule has 0 aromatic carbocycles. The average molecular weight is 221 g/mol. The van der Waals surface area contributed by atoms with Crippen LogP contribution in [0.1, 0.15) is 19.5 Å². The largest absolute Gasteiger partial charge is 0.479 e. The number of aromatic nitrogens is 1. The molecule has 1 heterocycles. The second-order valence-electron chi connectivity index (χ2n) is 3.43. The molecule has 0 amide bonds. The number of aliphatic carboxylic acids is 1. The molecule has 0 aliphatic carbocycles.